The van der Waals surface area contributed by atoms with Crippen molar-refractivity contribution in [2.75, 3.05) is 13.1 Å². The third-order valence-corrected chi connectivity index (χ3v) is 4.13. The van der Waals surface area contributed by atoms with Crippen LogP contribution in [0.2, 0.25) is 0 Å². The van der Waals surface area contributed by atoms with E-state index in [1.807, 2.05) is 60.7 Å². The SMILES string of the molecule is CC(C)(C)OC(=O)NC(CNC(=O)OCc1ccccc1)CNC(=O)OCc1ccccc1. The van der Waals surface area contributed by atoms with Crippen LogP contribution in [0, 0.1) is 0 Å². The highest BCUT2D eigenvalue weighted by Gasteiger charge is 2.21. The molecule has 0 saturated heterocycles. The van der Waals surface area contributed by atoms with E-state index in [9.17, 15) is 14.4 Å². The molecule has 0 saturated carbocycles. The molecule has 2 aromatic carbocycles. The molecule has 0 fully saturated rings. The number of carbonyl (C=O) groups excluding carboxylic acids is 3. The number of nitrogens with one attached hydrogen (secondary N) is 3. The van der Waals surface area contributed by atoms with Gasteiger partial charge in [0, 0.05) is 13.1 Å². The van der Waals surface area contributed by atoms with Gasteiger partial charge >= 0.3 is 18.3 Å². The lowest BCUT2D eigenvalue weighted by Gasteiger charge is -2.24. The van der Waals surface area contributed by atoms with E-state index in [4.69, 9.17) is 14.2 Å². The third-order valence-electron chi connectivity index (χ3n) is 4.13. The number of hydrogen-bond acceptors (Lipinski definition) is 6. The molecular formula is C24H31N3O6. The summed E-state index contributed by atoms with van der Waals surface area (Å²) in [5.41, 5.74) is 0.997. The summed E-state index contributed by atoms with van der Waals surface area (Å²) in [6, 6.07) is 17.8. The Labute approximate surface area is 193 Å². The molecule has 178 valence electrons. The fourth-order valence-corrected chi connectivity index (χ4v) is 2.61. The van der Waals surface area contributed by atoms with Gasteiger partial charge in [-0.25, -0.2) is 14.4 Å². The second-order valence-corrected chi connectivity index (χ2v) is 8.23. The minimum absolute atomic E-state index is 0.00578. The minimum atomic E-state index is -0.696. The van der Waals surface area contributed by atoms with E-state index in [0.29, 0.717) is 0 Å². The van der Waals surface area contributed by atoms with E-state index >= 15 is 0 Å². The molecule has 0 radical (unpaired) electrons. The van der Waals surface area contributed by atoms with Gasteiger partial charge in [-0.15, -0.1) is 0 Å². The summed E-state index contributed by atoms with van der Waals surface area (Å²) in [7, 11) is 0. The predicted octanol–water partition coefficient (Wildman–Crippen LogP) is 3.73. The molecule has 0 spiro atoms. The van der Waals surface area contributed by atoms with Crippen molar-refractivity contribution in [3.05, 3.63) is 71.8 Å². The molecule has 0 bridgehead atoms. The fourth-order valence-electron chi connectivity index (χ4n) is 2.61. The largest absolute Gasteiger partial charge is 0.445 e. The second-order valence-electron chi connectivity index (χ2n) is 8.23. The summed E-state index contributed by atoms with van der Waals surface area (Å²) >= 11 is 0. The Bertz CT molecular complexity index is 825. The lowest BCUT2D eigenvalue weighted by Crippen LogP contribution is -2.51. The molecule has 2 aromatic rings. The van der Waals surface area contributed by atoms with Crippen LogP contribution in [0.1, 0.15) is 31.9 Å². The van der Waals surface area contributed by atoms with Crippen molar-refractivity contribution in [3.63, 3.8) is 0 Å². The number of rotatable bonds is 9. The standard InChI is InChI=1S/C24H31N3O6/c1-24(2,3)33-23(30)27-20(14-25-21(28)31-16-18-10-6-4-7-11-18)15-26-22(29)32-17-19-12-8-5-9-13-19/h4-13,20H,14-17H2,1-3H3,(H,25,28)(H,26,29)(H,27,30). The van der Waals surface area contributed by atoms with Crippen molar-refractivity contribution >= 4 is 18.3 Å². The highest BCUT2D eigenvalue weighted by Crippen LogP contribution is 2.07. The van der Waals surface area contributed by atoms with Crippen LogP contribution >= 0.6 is 0 Å². The van der Waals surface area contributed by atoms with Crippen molar-refractivity contribution in [1.82, 2.24) is 16.0 Å². The van der Waals surface area contributed by atoms with E-state index in [2.05, 4.69) is 16.0 Å². The van der Waals surface area contributed by atoms with Gasteiger partial charge in [-0.1, -0.05) is 60.7 Å². The number of amides is 3. The van der Waals surface area contributed by atoms with Gasteiger partial charge in [-0.05, 0) is 31.9 Å². The van der Waals surface area contributed by atoms with Gasteiger partial charge in [0.2, 0.25) is 0 Å². The fraction of sp³-hybridized carbons (Fsp3) is 0.375. The smallest absolute Gasteiger partial charge is 0.407 e. The molecule has 3 amide bonds. The van der Waals surface area contributed by atoms with Gasteiger partial charge in [0.15, 0.2) is 0 Å². The molecule has 3 N–H and O–H groups in total. The number of ether oxygens (including phenoxy) is 3. The maximum Gasteiger partial charge on any atom is 0.407 e. The zero-order valence-corrected chi connectivity index (χ0v) is 19.1. The Kier molecular flexibility index (Phi) is 10.0. The lowest BCUT2D eigenvalue weighted by atomic mass is 10.2. The Morgan fingerprint density at radius 2 is 1.15 bits per heavy atom. The highest BCUT2D eigenvalue weighted by atomic mass is 16.6. The van der Waals surface area contributed by atoms with Crippen LogP contribution in [0.4, 0.5) is 14.4 Å². The Morgan fingerprint density at radius 3 is 1.55 bits per heavy atom. The van der Waals surface area contributed by atoms with Crippen molar-refractivity contribution in [1.29, 1.82) is 0 Å². The third kappa shape index (κ3) is 11.4. The van der Waals surface area contributed by atoms with Gasteiger partial charge in [0.1, 0.15) is 18.8 Å². The van der Waals surface area contributed by atoms with Crippen molar-refractivity contribution in [2.24, 2.45) is 0 Å². The molecule has 0 unspecified atom stereocenters. The summed E-state index contributed by atoms with van der Waals surface area (Å²) in [4.78, 5) is 36.2. The van der Waals surface area contributed by atoms with Crippen LogP contribution in [0.3, 0.4) is 0 Å². The number of benzene rings is 2. The summed E-state index contributed by atoms with van der Waals surface area (Å²) in [5, 5.41) is 7.79. The van der Waals surface area contributed by atoms with Gasteiger partial charge in [0.05, 0.1) is 6.04 Å². The highest BCUT2D eigenvalue weighted by molar-refractivity contribution is 5.70. The Morgan fingerprint density at radius 1 is 0.727 bits per heavy atom. The van der Waals surface area contributed by atoms with Crippen molar-refractivity contribution in [2.45, 2.75) is 45.6 Å². The van der Waals surface area contributed by atoms with Crippen molar-refractivity contribution in [3.8, 4) is 0 Å². The summed E-state index contributed by atoms with van der Waals surface area (Å²) in [6.45, 7) is 5.44. The quantitative estimate of drug-likeness (QED) is 0.494. The minimum Gasteiger partial charge on any atom is -0.445 e. The van der Waals surface area contributed by atoms with E-state index < -0.39 is 29.9 Å². The van der Waals surface area contributed by atoms with Crippen LogP contribution in [0.25, 0.3) is 0 Å². The first-order valence-corrected chi connectivity index (χ1v) is 10.6. The normalized spacial score (nSPS) is 10.8. The lowest BCUT2D eigenvalue weighted by molar-refractivity contribution is 0.0500. The molecule has 0 aliphatic carbocycles. The number of carbonyl (C=O) groups is 3. The molecule has 2 rings (SSSR count). The molecule has 0 aliphatic rings. The summed E-state index contributed by atoms with van der Waals surface area (Å²) in [6.07, 6.45) is -1.98. The van der Waals surface area contributed by atoms with Crippen molar-refractivity contribution < 1.29 is 28.6 Å². The zero-order valence-electron chi connectivity index (χ0n) is 19.1. The van der Waals surface area contributed by atoms with Crippen LogP contribution < -0.4 is 16.0 Å². The van der Waals surface area contributed by atoms with Crippen LogP contribution in [0.5, 0.6) is 0 Å². The van der Waals surface area contributed by atoms with Crippen LogP contribution in [-0.4, -0.2) is 43.0 Å². The van der Waals surface area contributed by atoms with Gasteiger partial charge < -0.3 is 30.2 Å². The molecular weight excluding hydrogens is 426 g/mol. The zero-order chi connectivity index (χ0) is 24.1. The molecule has 9 nitrogen and oxygen atoms in total. The number of hydrogen-bond donors (Lipinski definition) is 3. The van der Waals surface area contributed by atoms with E-state index in [1.165, 1.54) is 0 Å². The molecule has 0 aromatic heterocycles. The molecule has 0 atom stereocenters. The maximum atomic E-state index is 12.2. The maximum absolute atomic E-state index is 12.2. The first-order chi connectivity index (χ1) is 15.7. The average molecular weight is 458 g/mol. The summed E-state index contributed by atoms with van der Waals surface area (Å²) in [5.74, 6) is 0. The topological polar surface area (TPSA) is 115 Å². The van der Waals surface area contributed by atoms with Crippen LogP contribution in [-0.2, 0) is 27.4 Å². The first kappa shape index (κ1) is 25.5. The molecule has 0 aliphatic heterocycles. The average Bonchev–Trinajstić information content (AvgIpc) is 2.78. The van der Waals surface area contributed by atoms with Crippen LogP contribution in [0.15, 0.2) is 60.7 Å². The summed E-state index contributed by atoms with van der Waals surface area (Å²) < 4.78 is 15.6. The van der Waals surface area contributed by atoms with Gasteiger partial charge in [0.25, 0.3) is 0 Å². The second kappa shape index (κ2) is 12.9. The van der Waals surface area contributed by atoms with E-state index in [1.54, 1.807) is 20.8 Å². The molecule has 33 heavy (non-hydrogen) atoms. The Balaban J connectivity index is 1.82. The van der Waals surface area contributed by atoms with Gasteiger partial charge in [-0.2, -0.15) is 0 Å². The van der Waals surface area contributed by atoms with Gasteiger partial charge in [-0.3, -0.25) is 0 Å². The monoisotopic (exact) mass is 457 g/mol. The first-order valence-electron chi connectivity index (χ1n) is 10.6. The Hall–Kier alpha value is -3.75. The molecule has 9 heteroatoms. The van der Waals surface area contributed by atoms with E-state index in [0.717, 1.165) is 11.1 Å². The van der Waals surface area contributed by atoms with E-state index in [-0.39, 0.29) is 26.3 Å². The predicted molar refractivity (Wildman–Crippen MR) is 122 cm³/mol. The molecule has 0 heterocycles. The number of alkyl carbamates (subject to hydrolysis) is 3.